The third kappa shape index (κ3) is 6.12. The SMILES string of the molecule is CCCCCCc1ccc2cc3sc4cc5cc(C#Cc6ccc(CCCCCC)s6)ccc5cc4c3cc2c1. The van der Waals surface area contributed by atoms with E-state index in [1.165, 1.54) is 121 Å². The Morgan fingerprint density at radius 2 is 1.20 bits per heavy atom. The van der Waals surface area contributed by atoms with Gasteiger partial charge in [-0.15, -0.1) is 22.7 Å². The van der Waals surface area contributed by atoms with Gasteiger partial charge in [0.05, 0.1) is 4.88 Å². The number of hydrogen-bond acceptors (Lipinski definition) is 2. The zero-order valence-electron chi connectivity index (χ0n) is 23.8. The monoisotopic (exact) mass is 558 g/mol. The minimum Gasteiger partial charge on any atom is -0.135 e. The van der Waals surface area contributed by atoms with Crippen molar-refractivity contribution in [3.63, 3.8) is 0 Å². The Hall–Kier alpha value is -3.12. The second kappa shape index (κ2) is 12.6. The van der Waals surface area contributed by atoms with Crippen LogP contribution in [0.2, 0.25) is 0 Å². The first-order valence-electron chi connectivity index (χ1n) is 15.1. The van der Waals surface area contributed by atoms with Crippen molar-refractivity contribution in [1.82, 2.24) is 0 Å². The summed E-state index contributed by atoms with van der Waals surface area (Å²) in [5.41, 5.74) is 2.55. The highest BCUT2D eigenvalue weighted by Crippen LogP contribution is 2.39. The maximum absolute atomic E-state index is 3.43. The predicted molar refractivity (Wildman–Crippen MR) is 180 cm³/mol. The van der Waals surface area contributed by atoms with Crippen molar-refractivity contribution in [3.05, 3.63) is 93.7 Å². The van der Waals surface area contributed by atoms with Crippen LogP contribution in [-0.2, 0) is 12.8 Å². The molecule has 0 aliphatic rings. The van der Waals surface area contributed by atoms with Crippen LogP contribution in [0.15, 0.2) is 72.8 Å². The van der Waals surface area contributed by atoms with E-state index in [9.17, 15) is 0 Å². The van der Waals surface area contributed by atoms with Crippen LogP contribution < -0.4 is 0 Å². The van der Waals surface area contributed by atoms with Crippen LogP contribution in [0.3, 0.4) is 0 Å². The summed E-state index contributed by atoms with van der Waals surface area (Å²) < 4.78 is 2.73. The molecular weight excluding hydrogens is 521 g/mol. The fourth-order valence-electron chi connectivity index (χ4n) is 5.74. The number of thiophene rings is 2. The van der Waals surface area contributed by atoms with Crippen LogP contribution in [-0.4, -0.2) is 0 Å². The van der Waals surface area contributed by atoms with Crippen molar-refractivity contribution < 1.29 is 0 Å². The number of fused-ring (bicyclic) bond motifs is 5. The predicted octanol–water partition coefficient (Wildman–Crippen LogP) is 12.1. The molecule has 40 heavy (non-hydrogen) atoms. The molecule has 0 atom stereocenters. The van der Waals surface area contributed by atoms with E-state index in [1.54, 1.807) is 0 Å². The Balaban J connectivity index is 1.25. The van der Waals surface area contributed by atoms with E-state index in [-0.39, 0.29) is 0 Å². The molecule has 0 aliphatic carbocycles. The Bertz CT molecular complexity index is 1840. The molecule has 0 nitrogen and oxygen atoms in total. The van der Waals surface area contributed by atoms with E-state index in [2.05, 4.69) is 98.5 Å². The molecular formula is C38H38S2. The van der Waals surface area contributed by atoms with Gasteiger partial charge in [-0.2, -0.15) is 0 Å². The summed E-state index contributed by atoms with van der Waals surface area (Å²) in [4.78, 5) is 2.63. The van der Waals surface area contributed by atoms with Gasteiger partial charge in [0.1, 0.15) is 0 Å². The lowest BCUT2D eigenvalue weighted by Crippen LogP contribution is -1.86. The Morgan fingerprint density at radius 1 is 0.525 bits per heavy atom. The molecule has 0 fully saturated rings. The Morgan fingerprint density at radius 3 is 2.00 bits per heavy atom. The molecule has 2 heteroatoms. The van der Waals surface area contributed by atoms with Gasteiger partial charge in [-0.1, -0.05) is 88.5 Å². The Labute approximate surface area is 247 Å². The van der Waals surface area contributed by atoms with Crippen molar-refractivity contribution >= 4 is 64.4 Å². The number of rotatable bonds is 10. The minimum atomic E-state index is 1.09. The second-order valence-corrected chi connectivity index (χ2v) is 13.4. The molecule has 0 radical (unpaired) electrons. The zero-order valence-corrected chi connectivity index (χ0v) is 25.4. The van der Waals surface area contributed by atoms with E-state index < -0.39 is 0 Å². The molecule has 0 saturated carbocycles. The van der Waals surface area contributed by atoms with E-state index in [1.807, 2.05) is 22.7 Å². The molecule has 4 aromatic carbocycles. The normalized spacial score (nSPS) is 11.6. The number of aryl methyl sites for hydroxylation is 2. The summed E-state index contributed by atoms with van der Waals surface area (Å²) >= 11 is 3.76. The molecule has 6 aromatic rings. The molecule has 0 aliphatic heterocycles. The first-order chi connectivity index (χ1) is 19.7. The van der Waals surface area contributed by atoms with Gasteiger partial charge in [0, 0.05) is 30.6 Å². The van der Waals surface area contributed by atoms with E-state index in [4.69, 9.17) is 0 Å². The molecule has 0 unspecified atom stereocenters. The van der Waals surface area contributed by atoms with E-state index in [0.29, 0.717) is 0 Å². The van der Waals surface area contributed by atoms with Crippen molar-refractivity contribution in [2.45, 2.75) is 78.1 Å². The molecule has 2 aromatic heterocycles. The summed E-state index contributed by atoms with van der Waals surface area (Å²) in [5.74, 6) is 6.85. The first-order valence-corrected chi connectivity index (χ1v) is 16.8. The van der Waals surface area contributed by atoms with Gasteiger partial charge in [-0.3, -0.25) is 0 Å². The van der Waals surface area contributed by atoms with E-state index in [0.717, 1.165) is 5.56 Å². The standard InChI is InChI=1S/C38H38S2/c1-3-5-7-9-11-27-13-17-30-25-37-36(24-31(30)21-27)35-23-29-16-14-28(22-32(29)26-38(35)40-37)15-18-34-20-19-33(39-34)12-10-8-6-4-2/h13-14,16-17,19-26H,3-12H2,1-2H3. The van der Waals surface area contributed by atoms with Gasteiger partial charge in [0.25, 0.3) is 0 Å². The second-order valence-electron chi connectivity index (χ2n) is 11.2. The lowest BCUT2D eigenvalue weighted by molar-refractivity contribution is 0.667. The van der Waals surface area contributed by atoms with E-state index >= 15 is 0 Å². The van der Waals surface area contributed by atoms with Crippen LogP contribution >= 0.6 is 22.7 Å². The fraction of sp³-hybridized carbons (Fsp3) is 0.316. The van der Waals surface area contributed by atoms with Gasteiger partial charge >= 0.3 is 0 Å². The summed E-state index contributed by atoms with van der Waals surface area (Å²) in [6, 6.07) is 27.7. The molecule has 0 saturated heterocycles. The van der Waals surface area contributed by atoms with Gasteiger partial charge in [0.15, 0.2) is 0 Å². The molecule has 2 heterocycles. The summed E-state index contributed by atoms with van der Waals surface area (Å²) in [6.07, 6.45) is 12.9. The van der Waals surface area contributed by atoms with Crippen molar-refractivity contribution in [3.8, 4) is 11.8 Å². The van der Waals surface area contributed by atoms with Crippen molar-refractivity contribution in [2.75, 3.05) is 0 Å². The molecule has 0 bridgehead atoms. The lowest BCUT2D eigenvalue weighted by atomic mass is 9.99. The highest BCUT2D eigenvalue weighted by molar-refractivity contribution is 7.26. The van der Waals surface area contributed by atoms with Gasteiger partial charge in [-0.05, 0) is 101 Å². The molecule has 0 spiro atoms. The number of hydrogen-bond donors (Lipinski definition) is 0. The average molecular weight is 559 g/mol. The smallest absolute Gasteiger partial charge is 0.0775 e. The van der Waals surface area contributed by atoms with Crippen LogP contribution in [0.4, 0.5) is 0 Å². The third-order valence-corrected chi connectivity index (χ3v) is 10.2. The quantitative estimate of drug-likeness (QED) is 0.116. The molecule has 0 N–H and O–H groups in total. The maximum atomic E-state index is 3.43. The summed E-state index contributed by atoms with van der Waals surface area (Å²) in [7, 11) is 0. The van der Waals surface area contributed by atoms with Gasteiger partial charge in [-0.25, -0.2) is 0 Å². The van der Waals surface area contributed by atoms with Gasteiger partial charge in [0.2, 0.25) is 0 Å². The highest BCUT2D eigenvalue weighted by atomic mass is 32.1. The Kier molecular flexibility index (Phi) is 8.52. The minimum absolute atomic E-state index is 1.09. The zero-order chi connectivity index (χ0) is 27.3. The lowest BCUT2D eigenvalue weighted by Gasteiger charge is -2.05. The maximum Gasteiger partial charge on any atom is 0.0775 e. The summed E-state index contributed by atoms with van der Waals surface area (Å²) in [6.45, 7) is 4.54. The topological polar surface area (TPSA) is 0 Å². The van der Waals surface area contributed by atoms with Crippen LogP contribution in [0.25, 0.3) is 41.7 Å². The van der Waals surface area contributed by atoms with Crippen molar-refractivity contribution in [1.29, 1.82) is 0 Å². The van der Waals surface area contributed by atoms with Crippen LogP contribution in [0.1, 0.15) is 86.1 Å². The van der Waals surface area contributed by atoms with Crippen LogP contribution in [0.5, 0.6) is 0 Å². The highest BCUT2D eigenvalue weighted by Gasteiger charge is 2.09. The molecule has 202 valence electrons. The largest absolute Gasteiger partial charge is 0.135 e. The molecule has 0 amide bonds. The fourth-order valence-corrected chi connectivity index (χ4v) is 7.81. The average Bonchev–Trinajstić information content (AvgIpc) is 3.57. The third-order valence-electron chi connectivity index (χ3n) is 8.04. The van der Waals surface area contributed by atoms with Gasteiger partial charge < -0.3 is 0 Å². The number of benzene rings is 4. The molecule has 6 rings (SSSR count). The first kappa shape index (κ1) is 27.1. The van der Waals surface area contributed by atoms with Crippen molar-refractivity contribution in [2.24, 2.45) is 0 Å². The van der Waals surface area contributed by atoms with Crippen LogP contribution in [0, 0.1) is 11.8 Å². The summed E-state index contributed by atoms with van der Waals surface area (Å²) in [5, 5.41) is 8.01. The number of unbranched alkanes of at least 4 members (excludes halogenated alkanes) is 6.